The lowest BCUT2D eigenvalue weighted by Gasteiger charge is -2.29. The molecule has 1 aromatic carbocycles. The van der Waals surface area contributed by atoms with Crippen LogP contribution < -0.4 is 5.32 Å². The van der Waals surface area contributed by atoms with Gasteiger partial charge in [0.2, 0.25) is 0 Å². The molecule has 0 aliphatic heterocycles. The van der Waals surface area contributed by atoms with Crippen molar-refractivity contribution >= 4 is 0 Å². The van der Waals surface area contributed by atoms with Crippen LogP contribution in [-0.2, 0) is 4.74 Å². The number of ether oxygens (including phenoxy) is 1. The van der Waals surface area contributed by atoms with E-state index >= 15 is 0 Å². The van der Waals surface area contributed by atoms with Crippen molar-refractivity contribution in [2.45, 2.75) is 52.7 Å². The fourth-order valence-corrected chi connectivity index (χ4v) is 2.94. The van der Waals surface area contributed by atoms with Gasteiger partial charge in [-0.15, -0.1) is 0 Å². The van der Waals surface area contributed by atoms with E-state index in [2.05, 4.69) is 45.1 Å². The molecule has 1 saturated carbocycles. The van der Waals surface area contributed by atoms with E-state index in [0.717, 1.165) is 12.5 Å². The molecule has 0 spiro atoms. The van der Waals surface area contributed by atoms with Gasteiger partial charge in [0.05, 0.1) is 12.1 Å². The standard InChI is InChI=1S/C17H27NO/c1-6-19-17(14-7-8-14)16(18-5)15-10-12(3)11(2)9-13(15)4/h9-10,14,16-18H,6-8H2,1-5H3. The van der Waals surface area contributed by atoms with Crippen LogP contribution in [0.5, 0.6) is 0 Å². The number of aryl methyl sites for hydroxylation is 3. The molecule has 1 aromatic rings. The lowest BCUT2D eigenvalue weighted by Crippen LogP contribution is -2.34. The smallest absolute Gasteiger partial charge is 0.0797 e. The van der Waals surface area contributed by atoms with E-state index in [0.29, 0.717) is 12.1 Å². The molecule has 2 heteroatoms. The summed E-state index contributed by atoms with van der Waals surface area (Å²) in [6.07, 6.45) is 2.94. The molecule has 1 fully saturated rings. The molecule has 0 heterocycles. The van der Waals surface area contributed by atoms with E-state index in [9.17, 15) is 0 Å². The normalized spacial score (nSPS) is 18.4. The Balaban J connectivity index is 2.32. The van der Waals surface area contributed by atoms with Gasteiger partial charge in [-0.2, -0.15) is 0 Å². The first-order valence-corrected chi connectivity index (χ1v) is 7.45. The Kier molecular flexibility index (Phi) is 4.64. The lowest BCUT2D eigenvalue weighted by atomic mass is 9.91. The number of nitrogens with one attached hydrogen (secondary N) is 1. The maximum absolute atomic E-state index is 6.04. The molecule has 2 nitrogen and oxygen atoms in total. The molecular weight excluding hydrogens is 234 g/mol. The second-order valence-electron chi connectivity index (χ2n) is 5.82. The predicted molar refractivity (Wildman–Crippen MR) is 80.6 cm³/mol. The highest BCUT2D eigenvalue weighted by Crippen LogP contribution is 2.40. The van der Waals surface area contributed by atoms with Crippen LogP contribution in [0, 0.1) is 26.7 Å². The minimum Gasteiger partial charge on any atom is -0.376 e. The molecule has 0 aromatic heterocycles. The van der Waals surface area contributed by atoms with Gasteiger partial charge in [0.1, 0.15) is 0 Å². The molecule has 2 rings (SSSR count). The summed E-state index contributed by atoms with van der Waals surface area (Å²) in [7, 11) is 2.05. The molecule has 2 unspecified atom stereocenters. The van der Waals surface area contributed by atoms with Crippen molar-refractivity contribution in [1.29, 1.82) is 0 Å². The third kappa shape index (κ3) is 3.18. The molecule has 19 heavy (non-hydrogen) atoms. The van der Waals surface area contributed by atoms with Gasteiger partial charge in [0.25, 0.3) is 0 Å². The van der Waals surface area contributed by atoms with Gasteiger partial charge in [-0.3, -0.25) is 0 Å². The SMILES string of the molecule is CCOC(C1CC1)C(NC)c1cc(C)c(C)cc1C. The maximum Gasteiger partial charge on any atom is 0.0797 e. The quantitative estimate of drug-likeness (QED) is 0.843. The van der Waals surface area contributed by atoms with Gasteiger partial charge in [0, 0.05) is 6.61 Å². The number of hydrogen-bond donors (Lipinski definition) is 1. The van der Waals surface area contributed by atoms with E-state index in [1.54, 1.807) is 0 Å². The highest BCUT2D eigenvalue weighted by molar-refractivity contribution is 5.39. The van der Waals surface area contributed by atoms with Crippen molar-refractivity contribution in [3.8, 4) is 0 Å². The van der Waals surface area contributed by atoms with Crippen LogP contribution in [0.1, 0.15) is 48.1 Å². The van der Waals surface area contributed by atoms with E-state index in [-0.39, 0.29) is 0 Å². The zero-order valence-electron chi connectivity index (χ0n) is 12.9. The number of rotatable bonds is 6. The molecule has 0 saturated heterocycles. The van der Waals surface area contributed by atoms with Crippen molar-refractivity contribution in [2.75, 3.05) is 13.7 Å². The van der Waals surface area contributed by atoms with Crippen LogP contribution in [-0.4, -0.2) is 19.8 Å². The summed E-state index contributed by atoms with van der Waals surface area (Å²) in [4.78, 5) is 0. The molecular formula is C17H27NO. The molecule has 0 bridgehead atoms. The molecule has 2 atom stereocenters. The third-order valence-corrected chi connectivity index (χ3v) is 4.30. The first kappa shape index (κ1) is 14.5. The zero-order valence-corrected chi connectivity index (χ0v) is 12.9. The van der Waals surface area contributed by atoms with E-state index in [4.69, 9.17) is 4.74 Å². The third-order valence-electron chi connectivity index (χ3n) is 4.30. The largest absolute Gasteiger partial charge is 0.376 e. The maximum atomic E-state index is 6.04. The first-order valence-electron chi connectivity index (χ1n) is 7.45. The highest BCUT2D eigenvalue weighted by atomic mass is 16.5. The topological polar surface area (TPSA) is 21.3 Å². The summed E-state index contributed by atoms with van der Waals surface area (Å²) in [6, 6.07) is 4.94. The van der Waals surface area contributed by atoms with E-state index < -0.39 is 0 Å². The number of benzene rings is 1. The molecule has 1 aliphatic carbocycles. The number of likely N-dealkylation sites (N-methyl/N-ethyl adjacent to an activating group) is 1. The van der Waals surface area contributed by atoms with E-state index in [1.807, 2.05) is 7.05 Å². The Bertz CT molecular complexity index is 437. The van der Waals surface area contributed by atoms with Crippen molar-refractivity contribution in [2.24, 2.45) is 5.92 Å². The van der Waals surface area contributed by atoms with Crippen molar-refractivity contribution in [1.82, 2.24) is 5.32 Å². The Morgan fingerprint density at radius 2 is 1.79 bits per heavy atom. The fraction of sp³-hybridized carbons (Fsp3) is 0.647. The monoisotopic (exact) mass is 261 g/mol. The van der Waals surface area contributed by atoms with Crippen molar-refractivity contribution in [3.05, 3.63) is 34.4 Å². The fourth-order valence-electron chi connectivity index (χ4n) is 2.94. The summed E-state index contributed by atoms with van der Waals surface area (Å²) in [6.45, 7) is 9.47. The molecule has 1 aliphatic rings. The molecule has 1 N–H and O–H groups in total. The zero-order chi connectivity index (χ0) is 14.0. The summed E-state index contributed by atoms with van der Waals surface area (Å²) >= 11 is 0. The van der Waals surface area contributed by atoms with Crippen LogP contribution in [0.25, 0.3) is 0 Å². The minimum absolute atomic E-state index is 0.312. The summed E-state index contributed by atoms with van der Waals surface area (Å²) in [5, 5.41) is 3.49. The van der Waals surface area contributed by atoms with Gasteiger partial charge >= 0.3 is 0 Å². The van der Waals surface area contributed by atoms with Crippen LogP contribution in [0.4, 0.5) is 0 Å². The lowest BCUT2D eigenvalue weighted by molar-refractivity contribution is 0.0203. The van der Waals surface area contributed by atoms with Crippen LogP contribution >= 0.6 is 0 Å². The Labute approximate surface area is 117 Å². The predicted octanol–water partition coefficient (Wildman–Crippen LogP) is 3.69. The molecule has 0 amide bonds. The average Bonchev–Trinajstić information content (AvgIpc) is 3.19. The first-order chi connectivity index (χ1) is 9.08. The Hall–Kier alpha value is -0.860. The number of hydrogen-bond acceptors (Lipinski definition) is 2. The van der Waals surface area contributed by atoms with Crippen molar-refractivity contribution in [3.63, 3.8) is 0 Å². The Morgan fingerprint density at radius 3 is 2.32 bits per heavy atom. The van der Waals surface area contributed by atoms with Gasteiger partial charge in [0.15, 0.2) is 0 Å². The van der Waals surface area contributed by atoms with Gasteiger partial charge in [-0.1, -0.05) is 12.1 Å². The van der Waals surface area contributed by atoms with Gasteiger partial charge < -0.3 is 10.1 Å². The average molecular weight is 261 g/mol. The highest BCUT2D eigenvalue weighted by Gasteiger charge is 2.37. The molecule has 0 radical (unpaired) electrons. The van der Waals surface area contributed by atoms with Crippen LogP contribution in [0.3, 0.4) is 0 Å². The minimum atomic E-state index is 0.312. The van der Waals surface area contributed by atoms with Crippen LogP contribution in [0.15, 0.2) is 12.1 Å². The van der Waals surface area contributed by atoms with Gasteiger partial charge in [-0.25, -0.2) is 0 Å². The second-order valence-corrected chi connectivity index (χ2v) is 5.82. The summed E-state index contributed by atoms with van der Waals surface area (Å²) < 4.78 is 6.04. The Morgan fingerprint density at radius 1 is 1.16 bits per heavy atom. The van der Waals surface area contributed by atoms with Crippen LogP contribution in [0.2, 0.25) is 0 Å². The van der Waals surface area contributed by atoms with Gasteiger partial charge in [-0.05, 0) is 75.8 Å². The van der Waals surface area contributed by atoms with E-state index in [1.165, 1.54) is 35.1 Å². The molecule has 106 valence electrons. The summed E-state index contributed by atoms with van der Waals surface area (Å²) in [5.41, 5.74) is 5.51. The summed E-state index contributed by atoms with van der Waals surface area (Å²) in [5.74, 6) is 0.735. The second kappa shape index (κ2) is 6.06. The van der Waals surface area contributed by atoms with Crippen molar-refractivity contribution < 1.29 is 4.74 Å².